The Labute approximate surface area is 192 Å². The summed E-state index contributed by atoms with van der Waals surface area (Å²) in [6, 6.07) is 6.74. The molecule has 2 heterocycles. The summed E-state index contributed by atoms with van der Waals surface area (Å²) in [4.78, 5) is 29.1. The van der Waals surface area contributed by atoms with E-state index in [0.717, 1.165) is 6.07 Å². The van der Waals surface area contributed by atoms with Gasteiger partial charge in [-0.2, -0.15) is 4.68 Å². The first-order valence-corrected chi connectivity index (χ1v) is 10.3. The minimum atomic E-state index is -0.513. The maximum absolute atomic E-state index is 13.3. The number of methoxy groups -OCH3 is 1. The molecular formula is C20H17Cl2FN6O3. The number of benzene rings is 2. The molecule has 0 aliphatic carbocycles. The highest BCUT2D eigenvalue weighted by Crippen LogP contribution is 2.30. The molecule has 2 amide bonds. The third-order valence-corrected chi connectivity index (χ3v) is 5.73. The minimum absolute atomic E-state index is 0.0514. The fourth-order valence-corrected chi connectivity index (χ4v) is 3.94. The van der Waals surface area contributed by atoms with E-state index in [0.29, 0.717) is 37.6 Å². The van der Waals surface area contributed by atoms with E-state index in [2.05, 4.69) is 15.5 Å². The zero-order valence-corrected chi connectivity index (χ0v) is 18.3. The monoisotopic (exact) mass is 478 g/mol. The number of amides is 2. The van der Waals surface area contributed by atoms with Gasteiger partial charge in [-0.15, -0.1) is 5.10 Å². The fraction of sp³-hybridized carbons (Fsp3) is 0.250. The van der Waals surface area contributed by atoms with Crippen LogP contribution in [-0.2, 0) is 0 Å². The highest BCUT2D eigenvalue weighted by atomic mass is 35.5. The lowest BCUT2D eigenvalue weighted by Gasteiger charge is -2.35. The summed E-state index contributed by atoms with van der Waals surface area (Å²) >= 11 is 12.4. The maximum atomic E-state index is 13.3. The van der Waals surface area contributed by atoms with Crippen molar-refractivity contribution in [1.29, 1.82) is 0 Å². The van der Waals surface area contributed by atoms with Crippen molar-refractivity contribution in [3.05, 3.63) is 63.6 Å². The molecule has 0 saturated carbocycles. The van der Waals surface area contributed by atoms with Crippen LogP contribution >= 0.6 is 23.2 Å². The van der Waals surface area contributed by atoms with Crippen LogP contribution in [-0.4, -0.2) is 75.1 Å². The number of halogens is 3. The molecule has 1 fully saturated rings. The molecule has 12 heteroatoms. The van der Waals surface area contributed by atoms with Gasteiger partial charge in [0.2, 0.25) is 0 Å². The van der Waals surface area contributed by atoms with Gasteiger partial charge in [-0.1, -0.05) is 23.2 Å². The Morgan fingerprint density at radius 3 is 2.19 bits per heavy atom. The summed E-state index contributed by atoms with van der Waals surface area (Å²) in [5.74, 6) is -0.783. The lowest BCUT2D eigenvalue weighted by atomic mass is 10.1. The third kappa shape index (κ3) is 4.23. The van der Waals surface area contributed by atoms with Gasteiger partial charge in [0, 0.05) is 32.2 Å². The van der Waals surface area contributed by atoms with Crippen molar-refractivity contribution < 1.29 is 18.7 Å². The maximum Gasteiger partial charge on any atom is 0.257 e. The van der Waals surface area contributed by atoms with Gasteiger partial charge in [0.1, 0.15) is 17.9 Å². The quantitative estimate of drug-likeness (QED) is 0.572. The highest BCUT2D eigenvalue weighted by Gasteiger charge is 2.28. The van der Waals surface area contributed by atoms with Crippen molar-refractivity contribution in [3.8, 4) is 11.4 Å². The second-order valence-corrected chi connectivity index (χ2v) is 7.78. The molecule has 2 aromatic carbocycles. The van der Waals surface area contributed by atoms with E-state index < -0.39 is 5.82 Å². The predicted molar refractivity (Wildman–Crippen MR) is 114 cm³/mol. The van der Waals surface area contributed by atoms with Crippen LogP contribution in [0.3, 0.4) is 0 Å². The van der Waals surface area contributed by atoms with Crippen LogP contribution in [0.5, 0.6) is 5.75 Å². The lowest BCUT2D eigenvalue weighted by molar-refractivity contribution is 0.0533. The van der Waals surface area contributed by atoms with Crippen LogP contribution in [0.4, 0.5) is 4.39 Å². The summed E-state index contributed by atoms with van der Waals surface area (Å²) in [5, 5.41) is 11.3. The molecule has 4 rings (SSSR count). The average molecular weight is 479 g/mol. The molecule has 1 aromatic heterocycles. The van der Waals surface area contributed by atoms with E-state index in [4.69, 9.17) is 27.9 Å². The van der Waals surface area contributed by atoms with Crippen molar-refractivity contribution in [2.24, 2.45) is 0 Å². The van der Waals surface area contributed by atoms with Crippen LogP contribution in [0.1, 0.15) is 20.7 Å². The molecule has 1 aliphatic heterocycles. The number of carbonyl (C=O) groups is 2. The van der Waals surface area contributed by atoms with E-state index in [9.17, 15) is 14.0 Å². The van der Waals surface area contributed by atoms with E-state index in [-0.39, 0.29) is 33.0 Å². The highest BCUT2D eigenvalue weighted by molar-refractivity contribution is 6.34. The van der Waals surface area contributed by atoms with Crippen molar-refractivity contribution in [1.82, 2.24) is 30.0 Å². The van der Waals surface area contributed by atoms with E-state index in [1.165, 1.54) is 36.3 Å². The Morgan fingerprint density at radius 1 is 0.969 bits per heavy atom. The first kappa shape index (κ1) is 22.0. The van der Waals surface area contributed by atoms with Crippen LogP contribution in [0.25, 0.3) is 5.69 Å². The molecule has 1 saturated heterocycles. The molecule has 9 nitrogen and oxygen atoms in total. The van der Waals surface area contributed by atoms with E-state index >= 15 is 0 Å². The predicted octanol–water partition coefficient (Wildman–Crippen LogP) is 2.72. The number of carbonyl (C=O) groups excluding carboxylic acids is 2. The Bertz CT molecular complexity index is 1170. The largest absolute Gasteiger partial charge is 0.496 e. The topological polar surface area (TPSA) is 93.4 Å². The summed E-state index contributed by atoms with van der Waals surface area (Å²) in [6.45, 7) is 1.21. The fourth-order valence-electron chi connectivity index (χ4n) is 3.44. The van der Waals surface area contributed by atoms with E-state index in [1.807, 2.05) is 0 Å². The van der Waals surface area contributed by atoms with Gasteiger partial charge in [0.25, 0.3) is 11.8 Å². The van der Waals surface area contributed by atoms with Gasteiger partial charge in [0.05, 0.1) is 34.0 Å². The summed E-state index contributed by atoms with van der Waals surface area (Å²) in [7, 11) is 1.45. The van der Waals surface area contributed by atoms with E-state index in [1.54, 1.807) is 15.9 Å². The van der Waals surface area contributed by atoms with Crippen molar-refractivity contribution >= 4 is 35.0 Å². The number of ether oxygens (including phenoxy) is 1. The molecule has 0 bridgehead atoms. The Kier molecular flexibility index (Phi) is 6.24. The average Bonchev–Trinajstić information content (AvgIpc) is 3.33. The molecule has 0 spiro atoms. The molecule has 0 atom stereocenters. The molecular weight excluding hydrogens is 462 g/mol. The van der Waals surface area contributed by atoms with Crippen molar-refractivity contribution in [2.45, 2.75) is 0 Å². The molecule has 3 aromatic rings. The van der Waals surface area contributed by atoms with Crippen molar-refractivity contribution in [2.75, 3.05) is 33.3 Å². The number of aromatic nitrogens is 4. The SMILES string of the molecule is COc1cc(-n2cnnn2)c(Cl)cc1C(=O)N1CCN(C(=O)c2ccc(F)cc2Cl)CC1. The van der Waals surface area contributed by atoms with Gasteiger partial charge in [-0.3, -0.25) is 9.59 Å². The Morgan fingerprint density at radius 2 is 1.62 bits per heavy atom. The van der Waals surface area contributed by atoms with Crippen LogP contribution in [0.15, 0.2) is 36.7 Å². The smallest absolute Gasteiger partial charge is 0.257 e. The van der Waals surface area contributed by atoms with Gasteiger partial charge >= 0.3 is 0 Å². The second kappa shape index (κ2) is 9.09. The standard InChI is InChI=1S/C20H17Cl2FN6O3/c1-32-18-10-17(29-11-24-25-26-29)16(22)9-14(18)20(31)28-6-4-27(5-7-28)19(30)13-3-2-12(23)8-15(13)21/h2-3,8-11H,4-7H2,1H3. The number of nitrogens with zero attached hydrogens (tertiary/aromatic N) is 6. The number of hydrogen-bond donors (Lipinski definition) is 0. The van der Waals surface area contributed by atoms with Gasteiger partial charge in [-0.25, -0.2) is 4.39 Å². The molecule has 1 aliphatic rings. The summed E-state index contributed by atoms with van der Waals surface area (Å²) in [5.41, 5.74) is 0.979. The molecule has 0 N–H and O–H groups in total. The van der Waals surface area contributed by atoms with Gasteiger partial charge < -0.3 is 14.5 Å². The zero-order chi connectivity index (χ0) is 22.8. The molecule has 0 radical (unpaired) electrons. The number of piperazine rings is 1. The van der Waals surface area contributed by atoms with Crippen LogP contribution in [0.2, 0.25) is 10.0 Å². The Balaban J connectivity index is 1.49. The number of tetrazole rings is 1. The van der Waals surface area contributed by atoms with Crippen LogP contribution < -0.4 is 4.74 Å². The summed E-state index contributed by atoms with van der Waals surface area (Å²) < 4.78 is 20.0. The number of rotatable bonds is 4. The zero-order valence-electron chi connectivity index (χ0n) is 16.8. The first-order chi connectivity index (χ1) is 15.4. The summed E-state index contributed by atoms with van der Waals surface area (Å²) in [6.07, 6.45) is 1.38. The molecule has 166 valence electrons. The molecule has 0 unspecified atom stereocenters. The second-order valence-electron chi connectivity index (χ2n) is 6.97. The van der Waals surface area contributed by atoms with Crippen LogP contribution in [0, 0.1) is 5.82 Å². The first-order valence-electron chi connectivity index (χ1n) is 9.53. The Hall–Kier alpha value is -3.24. The van der Waals surface area contributed by atoms with Gasteiger partial charge in [-0.05, 0) is 34.7 Å². The minimum Gasteiger partial charge on any atom is -0.496 e. The number of hydrogen-bond acceptors (Lipinski definition) is 6. The lowest BCUT2D eigenvalue weighted by Crippen LogP contribution is -2.50. The van der Waals surface area contributed by atoms with Gasteiger partial charge in [0.15, 0.2) is 0 Å². The normalized spacial score (nSPS) is 13.9. The molecule has 32 heavy (non-hydrogen) atoms. The third-order valence-electron chi connectivity index (χ3n) is 5.11. The van der Waals surface area contributed by atoms with Crippen molar-refractivity contribution in [3.63, 3.8) is 0 Å².